The lowest BCUT2D eigenvalue weighted by Crippen LogP contribution is -2.50. The number of aliphatic hydroxyl groups excluding tert-OH is 1. The van der Waals surface area contributed by atoms with Crippen LogP contribution in [0.2, 0.25) is 0 Å². The second kappa shape index (κ2) is 6.15. The van der Waals surface area contributed by atoms with E-state index in [0.29, 0.717) is 18.5 Å². The van der Waals surface area contributed by atoms with Crippen molar-refractivity contribution in [3.63, 3.8) is 0 Å². The number of hydrogen-bond donors (Lipinski definition) is 1. The van der Waals surface area contributed by atoms with E-state index < -0.39 is 0 Å². The molecular formula is C20H26N2O3. The smallest absolute Gasteiger partial charge is 0.219 e. The van der Waals surface area contributed by atoms with Gasteiger partial charge in [0.1, 0.15) is 11.3 Å². The molecule has 134 valence electrons. The molecule has 3 heterocycles. The predicted molar refractivity (Wildman–Crippen MR) is 96.0 cm³/mol. The quantitative estimate of drug-likeness (QED) is 0.932. The molecule has 2 aliphatic heterocycles. The monoisotopic (exact) mass is 342 g/mol. The first-order valence-corrected chi connectivity index (χ1v) is 9.11. The van der Waals surface area contributed by atoms with Crippen LogP contribution in [0.15, 0.2) is 34.7 Å². The second-order valence-electron chi connectivity index (χ2n) is 7.82. The van der Waals surface area contributed by atoms with E-state index >= 15 is 0 Å². The van der Waals surface area contributed by atoms with E-state index in [1.807, 2.05) is 23.1 Å². The van der Waals surface area contributed by atoms with Gasteiger partial charge in [-0.05, 0) is 37.8 Å². The second-order valence-corrected chi connectivity index (χ2v) is 7.82. The Morgan fingerprint density at radius 1 is 1.40 bits per heavy atom. The number of benzene rings is 1. The van der Waals surface area contributed by atoms with Gasteiger partial charge in [-0.2, -0.15) is 0 Å². The van der Waals surface area contributed by atoms with E-state index in [9.17, 15) is 9.90 Å². The summed E-state index contributed by atoms with van der Waals surface area (Å²) in [7, 11) is 0. The van der Waals surface area contributed by atoms with Crippen molar-refractivity contribution in [2.45, 2.75) is 44.8 Å². The van der Waals surface area contributed by atoms with E-state index in [-0.39, 0.29) is 18.1 Å². The minimum atomic E-state index is -0.263. The third kappa shape index (κ3) is 2.85. The van der Waals surface area contributed by atoms with Crippen molar-refractivity contribution in [1.29, 1.82) is 0 Å². The lowest BCUT2D eigenvalue weighted by atomic mass is 9.89. The Morgan fingerprint density at radius 3 is 2.92 bits per heavy atom. The highest BCUT2D eigenvalue weighted by Gasteiger charge is 2.50. The van der Waals surface area contributed by atoms with Gasteiger partial charge in [0.2, 0.25) is 5.91 Å². The fourth-order valence-electron chi connectivity index (χ4n) is 4.75. The van der Waals surface area contributed by atoms with E-state index in [1.54, 1.807) is 6.92 Å². The van der Waals surface area contributed by atoms with Crippen molar-refractivity contribution < 1.29 is 14.3 Å². The number of rotatable bonds is 3. The number of likely N-dealkylation sites (tertiary alicyclic amines) is 2. The molecule has 0 unspecified atom stereocenters. The molecule has 1 aromatic heterocycles. The van der Waals surface area contributed by atoms with E-state index in [0.717, 1.165) is 42.7 Å². The number of carbonyl (C=O) groups is 1. The first-order valence-electron chi connectivity index (χ1n) is 9.11. The van der Waals surface area contributed by atoms with Crippen molar-refractivity contribution in [2.75, 3.05) is 19.7 Å². The number of amides is 1. The summed E-state index contributed by atoms with van der Waals surface area (Å²) < 4.78 is 6.02. The standard InChI is InChI=1S/C20H26N2O3/c1-14(24)21-8-7-18-16(11-21)10-20(2,13-23)22(18)12-17-9-15-5-3-4-6-19(15)25-17/h3-6,9,16,18,23H,7-8,10-13H2,1-2H3/t16-,18-,20+/m0/s1. The molecule has 1 N–H and O–H groups in total. The number of carbonyl (C=O) groups excluding carboxylic acids is 1. The Labute approximate surface area is 148 Å². The number of nitrogens with zero attached hydrogens (tertiary/aromatic N) is 2. The van der Waals surface area contributed by atoms with Crippen LogP contribution in [0.25, 0.3) is 11.0 Å². The van der Waals surface area contributed by atoms with Crippen LogP contribution >= 0.6 is 0 Å². The average molecular weight is 342 g/mol. The van der Waals surface area contributed by atoms with Gasteiger partial charge in [0, 0.05) is 37.0 Å². The lowest BCUT2D eigenvalue weighted by Gasteiger charge is -2.40. The molecule has 2 saturated heterocycles. The molecule has 1 aromatic carbocycles. The Hall–Kier alpha value is -1.85. The number of hydrogen-bond acceptors (Lipinski definition) is 4. The lowest BCUT2D eigenvalue weighted by molar-refractivity contribution is -0.131. The Balaban J connectivity index is 1.59. The van der Waals surface area contributed by atoms with Crippen LogP contribution in [-0.2, 0) is 11.3 Å². The average Bonchev–Trinajstić information content (AvgIpc) is 3.13. The van der Waals surface area contributed by atoms with Crippen molar-refractivity contribution >= 4 is 16.9 Å². The van der Waals surface area contributed by atoms with Gasteiger partial charge in [0.25, 0.3) is 0 Å². The Bertz CT molecular complexity index is 753. The first kappa shape index (κ1) is 16.6. The molecule has 5 heteroatoms. The molecule has 2 fully saturated rings. The van der Waals surface area contributed by atoms with Gasteiger partial charge in [-0.1, -0.05) is 18.2 Å². The summed E-state index contributed by atoms with van der Waals surface area (Å²) in [6, 6.07) is 10.5. The maximum Gasteiger partial charge on any atom is 0.219 e. The van der Waals surface area contributed by atoms with Gasteiger partial charge in [-0.15, -0.1) is 0 Å². The molecule has 0 bridgehead atoms. The minimum absolute atomic E-state index is 0.125. The van der Waals surface area contributed by atoms with Gasteiger partial charge in [0.05, 0.1) is 13.2 Å². The summed E-state index contributed by atoms with van der Waals surface area (Å²) >= 11 is 0. The van der Waals surface area contributed by atoms with Crippen LogP contribution < -0.4 is 0 Å². The summed E-state index contributed by atoms with van der Waals surface area (Å²) in [5.74, 6) is 1.51. The van der Waals surface area contributed by atoms with Gasteiger partial charge < -0.3 is 14.4 Å². The van der Waals surface area contributed by atoms with Crippen molar-refractivity contribution in [3.05, 3.63) is 36.1 Å². The van der Waals surface area contributed by atoms with Crippen LogP contribution in [-0.4, -0.2) is 52.1 Å². The molecule has 25 heavy (non-hydrogen) atoms. The number of furan rings is 1. The van der Waals surface area contributed by atoms with Gasteiger partial charge >= 0.3 is 0 Å². The SMILES string of the molecule is CC(=O)N1CC[C@H]2[C@H](C1)C[C@](C)(CO)N2Cc1cc2ccccc2o1. The molecule has 2 aliphatic rings. The number of aliphatic hydroxyl groups is 1. The third-order valence-electron chi connectivity index (χ3n) is 6.08. The highest BCUT2D eigenvalue weighted by molar-refractivity contribution is 5.77. The van der Waals surface area contributed by atoms with Crippen molar-refractivity contribution in [3.8, 4) is 0 Å². The summed E-state index contributed by atoms with van der Waals surface area (Å²) in [5.41, 5.74) is 0.645. The molecule has 0 saturated carbocycles. The minimum Gasteiger partial charge on any atom is -0.460 e. The number of para-hydroxylation sites is 1. The number of fused-ring (bicyclic) bond motifs is 2. The van der Waals surface area contributed by atoms with E-state index in [2.05, 4.69) is 24.0 Å². The molecular weight excluding hydrogens is 316 g/mol. The zero-order chi connectivity index (χ0) is 17.6. The molecule has 0 radical (unpaired) electrons. The third-order valence-corrected chi connectivity index (χ3v) is 6.08. The van der Waals surface area contributed by atoms with Gasteiger partial charge in [-0.3, -0.25) is 9.69 Å². The van der Waals surface area contributed by atoms with Gasteiger partial charge in [0.15, 0.2) is 0 Å². The predicted octanol–water partition coefficient (Wildman–Crippen LogP) is 2.63. The molecule has 0 aliphatic carbocycles. The highest BCUT2D eigenvalue weighted by atomic mass is 16.3. The fourth-order valence-corrected chi connectivity index (χ4v) is 4.75. The molecule has 5 nitrogen and oxygen atoms in total. The zero-order valence-electron chi connectivity index (χ0n) is 14.9. The van der Waals surface area contributed by atoms with Crippen LogP contribution in [0, 0.1) is 5.92 Å². The van der Waals surface area contributed by atoms with E-state index in [4.69, 9.17) is 4.42 Å². The zero-order valence-corrected chi connectivity index (χ0v) is 14.9. The molecule has 3 atom stereocenters. The van der Waals surface area contributed by atoms with Crippen molar-refractivity contribution in [2.24, 2.45) is 5.92 Å². The summed E-state index contributed by atoms with van der Waals surface area (Å²) in [6.07, 6.45) is 1.87. The fraction of sp³-hybridized carbons (Fsp3) is 0.550. The molecule has 2 aromatic rings. The maximum atomic E-state index is 11.7. The molecule has 1 amide bonds. The highest BCUT2D eigenvalue weighted by Crippen LogP contribution is 2.43. The van der Waals surface area contributed by atoms with E-state index in [1.165, 1.54) is 0 Å². The van der Waals surface area contributed by atoms with Crippen LogP contribution in [0.3, 0.4) is 0 Å². The van der Waals surface area contributed by atoms with Crippen LogP contribution in [0.4, 0.5) is 0 Å². The normalized spacial score (nSPS) is 30.0. The summed E-state index contributed by atoms with van der Waals surface area (Å²) in [4.78, 5) is 16.1. The summed E-state index contributed by atoms with van der Waals surface area (Å²) in [6.45, 7) is 6.20. The van der Waals surface area contributed by atoms with Gasteiger partial charge in [-0.25, -0.2) is 0 Å². The van der Waals surface area contributed by atoms with Crippen LogP contribution in [0.1, 0.15) is 32.4 Å². The molecule has 4 rings (SSSR count). The largest absolute Gasteiger partial charge is 0.460 e. The van der Waals surface area contributed by atoms with Crippen molar-refractivity contribution in [1.82, 2.24) is 9.80 Å². The summed E-state index contributed by atoms with van der Waals surface area (Å²) in [5, 5.41) is 11.2. The number of piperidine rings is 1. The Morgan fingerprint density at radius 2 is 2.20 bits per heavy atom. The molecule has 0 spiro atoms. The maximum absolute atomic E-state index is 11.7. The topological polar surface area (TPSA) is 56.9 Å². The first-order chi connectivity index (χ1) is 12.0. The Kier molecular flexibility index (Phi) is 4.08. The van der Waals surface area contributed by atoms with Crippen LogP contribution in [0.5, 0.6) is 0 Å².